The number of halogens is 12. The van der Waals surface area contributed by atoms with Crippen molar-refractivity contribution >= 4 is 70.8 Å². The number of carbonyl (C=O) groups excluding carboxylic acids is 8. The lowest BCUT2D eigenvalue weighted by Crippen LogP contribution is -2.72. The second kappa shape index (κ2) is 41.5. The summed E-state index contributed by atoms with van der Waals surface area (Å²) >= 11 is 0. The molecule has 4 aromatic rings. The third-order valence-corrected chi connectivity index (χ3v) is 35.1. The summed E-state index contributed by atoms with van der Waals surface area (Å²) in [6, 6.07) is 33.9. The van der Waals surface area contributed by atoms with E-state index in [1.165, 1.54) is 64.6 Å². The Hall–Kier alpha value is -9.96. The van der Waals surface area contributed by atoms with Crippen LogP contribution in [0.4, 0.5) is 94.6 Å². The number of para-hydroxylation sites is 4. The van der Waals surface area contributed by atoms with E-state index >= 15 is 0 Å². The molecule has 8 amide bonds. The van der Waals surface area contributed by atoms with Crippen molar-refractivity contribution in [2.24, 2.45) is 21.7 Å². The zero-order valence-corrected chi connectivity index (χ0v) is 84.8. The average Bonchev–Trinajstić information content (AvgIpc) is 1.13. The van der Waals surface area contributed by atoms with Crippen LogP contribution in [-0.4, -0.2) is 361 Å². The molecule has 20 rings (SSSR count). The lowest BCUT2D eigenvalue weighted by Gasteiger charge is -2.57. The summed E-state index contributed by atoms with van der Waals surface area (Å²) in [5.41, 5.74) is 10.3. The molecule has 4 unspecified atom stereocenters. The number of hydrogen-bond donors (Lipinski definition) is 0. The molecule has 4 aromatic carbocycles. The van der Waals surface area contributed by atoms with E-state index in [-0.39, 0.29) is 67.4 Å². The molecule has 0 aliphatic carbocycles. The zero-order chi connectivity index (χ0) is 104. The molecule has 28 nitrogen and oxygen atoms in total. The van der Waals surface area contributed by atoms with Crippen LogP contribution < -0.4 is 19.6 Å². The maximum Gasteiger partial charge on any atom is 0.425 e. The molecule has 16 heterocycles. The maximum absolute atomic E-state index is 12.9. The summed E-state index contributed by atoms with van der Waals surface area (Å²) in [6.45, 7) is 34.4. The SMILES string of the molecule is CC(=O)N1CC2(CCN(c3ccccc3CN3CCC34CCN(C(=O)OC(C)C(F)(F)F)CC4)C2)C1.CC(=O)N1CC2(CCN(c3ccccc3CN3CCCC34CN(C(=O)OC(C)C(F)(F)F)C4)C2)C1.CC(=O)N1CC2(CCN(c3ccccc3CN3CCCCC34CCN(C(=O)OC(C)C(F)(F)F)CC4)C2)C1.CC(=O)N1CC2(CCN(c3ccccc3CN3CCCCC34CN(C(=O)OC(C)C(F)(F)F)C4)C2)C1. The fourth-order valence-electron chi connectivity index (χ4n) is 25.9. The van der Waals surface area contributed by atoms with Crippen molar-refractivity contribution in [3.05, 3.63) is 119 Å². The van der Waals surface area contributed by atoms with Crippen LogP contribution in [0, 0.1) is 21.7 Å². The highest BCUT2D eigenvalue weighted by molar-refractivity contribution is 5.77. The Morgan fingerprint density at radius 3 is 0.724 bits per heavy atom. The first kappa shape index (κ1) is 106. The fraction of sp³-hybridized carbons (Fsp3) is 0.695. The van der Waals surface area contributed by atoms with Crippen LogP contribution in [0.1, 0.15) is 187 Å². The third-order valence-electron chi connectivity index (χ3n) is 35.1. The average molecular weight is 2050 g/mol. The second-order valence-electron chi connectivity index (χ2n) is 45.0. The topological polar surface area (TPSA) is 225 Å². The van der Waals surface area contributed by atoms with Crippen molar-refractivity contribution < 1.29 is 110 Å². The number of rotatable bonds is 16. The van der Waals surface area contributed by atoms with Gasteiger partial charge in [0.1, 0.15) is 0 Å². The molecule has 0 saturated carbocycles. The molecule has 40 heteroatoms. The van der Waals surface area contributed by atoms with E-state index in [1.54, 1.807) is 27.7 Å². The van der Waals surface area contributed by atoms with Crippen LogP contribution in [0.3, 0.4) is 0 Å². The lowest BCUT2D eigenvalue weighted by atomic mass is 9.76. The Bertz CT molecular complexity index is 5310. The van der Waals surface area contributed by atoms with E-state index < -0.39 is 73.5 Å². The van der Waals surface area contributed by atoms with Crippen molar-refractivity contribution in [3.63, 3.8) is 0 Å². The van der Waals surface area contributed by atoms with Gasteiger partial charge in [-0.25, -0.2) is 19.2 Å². The molecule has 145 heavy (non-hydrogen) atoms. The summed E-state index contributed by atoms with van der Waals surface area (Å²) in [5.74, 6) is 0.581. The fourth-order valence-corrected chi connectivity index (χ4v) is 25.9. The van der Waals surface area contributed by atoms with Gasteiger partial charge in [0.15, 0.2) is 24.4 Å². The van der Waals surface area contributed by atoms with Crippen LogP contribution in [0.15, 0.2) is 97.1 Å². The highest BCUT2D eigenvalue weighted by Crippen LogP contribution is 2.52. The van der Waals surface area contributed by atoms with Crippen LogP contribution >= 0.6 is 0 Å². The monoisotopic (exact) mass is 2050 g/mol. The smallest absolute Gasteiger partial charge is 0.425 e. The maximum atomic E-state index is 12.9. The number of alkyl halides is 12. The lowest BCUT2D eigenvalue weighted by molar-refractivity contribution is -0.202. The van der Waals surface area contributed by atoms with Crippen molar-refractivity contribution in [1.29, 1.82) is 0 Å². The summed E-state index contributed by atoms with van der Waals surface area (Å²) < 4.78 is 172. The number of amides is 8. The Labute approximate surface area is 841 Å². The van der Waals surface area contributed by atoms with Gasteiger partial charge in [0, 0.05) is 273 Å². The predicted molar refractivity (Wildman–Crippen MR) is 519 cm³/mol. The van der Waals surface area contributed by atoms with Gasteiger partial charge in [0.2, 0.25) is 23.6 Å². The van der Waals surface area contributed by atoms with Gasteiger partial charge in [-0.15, -0.1) is 0 Å². The van der Waals surface area contributed by atoms with Crippen LogP contribution in [0.5, 0.6) is 0 Å². The Kier molecular flexibility index (Phi) is 30.5. The molecule has 16 saturated heterocycles. The van der Waals surface area contributed by atoms with Gasteiger partial charge in [-0.3, -0.25) is 38.8 Å². The van der Waals surface area contributed by atoms with E-state index in [0.29, 0.717) is 52.4 Å². The summed E-state index contributed by atoms with van der Waals surface area (Å²) in [5, 5.41) is 0. The second-order valence-corrected chi connectivity index (χ2v) is 45.0. The van der Waals surface area contributed by atoms with E-state index in [9.17, 15) is 91.0 Å². The van der Waals surface area contributed by atoms with Gasteiger partial charge >= 0.3 is 49.1 Å². The predicted octanol–water partition coefficient (Wildman–Crippen LogP) is 15.9. The molecule has 4 atom stereocenters. The first-order valence-corrected chi connectivity index (χ1v) is 51.9. The first-order valence-electron chi connectivity index (χ1n) is 51.9. The van der Waals surface area contributed by atoms with Crippen molar-refractivity contribution in [2.45, 2.75) is 262 Å². The highest BCUT2D eigenvalue weighted by Gasteiger charge is 2.59. The summed E-state index contributed by atoms with van der Waals surface area (Å²) in [6.07, 6.45) is -13.7. The van der Waals surface area contributed by atoms with Crippen molar-refractivity contribution in [2.75, 3.05) is 203 Å². The number of carbonyl (C=O) groups is 8. The molecular formula is C105H142F12N16O12. The normalized spacial score (nSPS) is 24.0. The molecule has 16 fully saturated rings. The zero-order valence-electron chi connectivity index (χ0n) is 84.8. The largest absolute Gasteiger partial charge is 0.437 e. The van der Waals surface area contributed by atoms with Gasteiger partial charge in [0.05, 0.1) is 11.1 Å². The minimum Gasteiger partial charge on any atom is -0.437 e. The molecule has 798 valence electrons. The Balaban J connectivity index is 0.000000132. The molecule has 8 spiro atoms. The molecule has 0 bridgehead atoms. The number of anilines is 4. The Morgan fingerprint density at radius 1 is 0.248 bits per heavy atom. The number of nitrogens with zero attached hydrogens (tertiary/aromatic N) is 16. The van der Waals surface area contributed by atoms with Gasteiger partial charge < -0.3 is 77.7 Å². The summed E-state index contributed by atoms with van der Waals surface area (Å²) in [4.78, 5) is 129. The standard InChI is InChI=1S/C28H39F3N4O3.2C26H35F3N4O3.C25H33F3N4O3/c1-21(28(29,30)31)38-25(37)32-15-11-27(12-16-32)9-5-6-13-35(27)17-23-7-3-4-8-24(23)33-14-10-26(18-33)19-34(20-26)22(2)36;1-19(26(27,28)29)36-23(35)32-17-25(18-32)9-5-6-11-33(25)13-21-7-3-4-8-22(21)30-12-10-24(14-30)15-31(16-24)20(2)34;1-19(26(27,28)29)36-23(35)30-12-8-25(9-13-30)10-14-33(25)15-21-5-3-4-6-22(21)31-11-7-24(16-31)17-32(18-24)20(2)34;1-18(25(26,27)28)35-22(34)31-16-24(17-31)8-5-10-32(24)12-20-6-3-4-7-21(20)29-11-9-23(13-29)14-30(15-23)19(2)33/h3-4,7-8,21H,5-6,9-20H2,1-2H3;3-4,7-8,19H,5-6,9-18H2,1-2H3;3-6,19H,7-18H2,1-2H3;3-4,6-7,18H,5,8-17H2,1-2H3. The molecule has 16 aliphatic rings. The molecule has 0 aromatic heterocycles. The third kappa shape index (κ3) is 23.0. The van der Waals surface area contributed by atoms with Gasteiger partial charge in [0.25, 0.3) is 0 Å². The summed E-state index contributed by atoms with van der Waals surface area (Å²) in [7, 11) is 0. The number of ether oxygens (including phenoxy) is 4. The van der Waals surface area contributed by atoms with Crippen molar-refractivity contribution in [1.82, 2.24) is 58.8 Å². The number of benzene rings is 4. The van der Waals surface area contributed by atoms with Crippen LogP contribution in [0.25, 0.3) is 0 Å². The van der Waals surface area contributed by atoms with E-state index in [0.717, 1.165) is 294 Å². The van der Waals surface area contributed by atoms with E-state index in [2.05, 4.69) is 138 Å². The molecule has 16 aliphatic heterocycles. The molecule has 0 N–H and O–H groups in total. The molecule has 0 radical (unpaired) electrons. The van der Waals surface area contributed by atoms with Gasteiger partial charge in [-0.05, 0) is 190 Å². The Morgan fingerprint density at radius 2 is 0.469 bits per heavy atom. The minimum absolute atomic E-state index is 0.0122. The highest BCUT2D eigenvalue weighted by atomic mass is 19.4. The quantitative estimate of drug-likeness (QED) is 0.0750. The minimum atomic E-state index is -4.56. The van der Waals surface area contributed by atoms with E-state index in [1.807, 2.05) is 31.7 Å². The first-order chi connectivity index (χ1) is 68.5. The number of likely N-dealkylation sites (tertiary alicyclic amines) is 12. The molecular weight excluding hydrogens is 1910 g/mol. The number of piperidine rings is 4. The van der Waals surface area contributed by atoms with Crippen molar-refractivity contribution in [3.8, 4) is 0 Å². The van der Waals surface area contributed by atoms with Crippen LogP contribution in [0.2, 0.25) is 0 Å². The van der Waals surface area contributed by atoms with Crippen LogP contribution in [-0.2, 0) is 64.3 Å². The van der Waals surface area contributed by atoms with Gasteiger partial charge in [-0.2, -0.15) is 52.7 Å². The van der Waals surface area contributed by atoms with Gasteiger partial charge in [-0.1, -0.05) is 85.6 Å². The van der Waals surface area contributed by atoms with E-state index in [4.69, 9.17) is 4.74 Å². The number of hydrogen-bond acceptors (Lipinski definition) is 20.